The van der Waals surface area contributed by atoms with Crippen LogP contribution in [0.15, 0.2) is 24.4 Å². The average Bonchev–Trinajstić information content (AvgIpc) is 2.05. The molecule has 0 N–H and O–H groups in total. The Kier molecular flexibility index (Phi) is 3.56. The van der Waals surface area contributed by atoms with Crippen LogP contribution >= 0.6 is 0 Å². The summed E-state index contributed by atoms with van der Waals surface area (Å²) in [4.78, 5) is 4.11. The molecule has 0 amide bonds. The summed E-state index contributed by atoms with van der Waals surface area (Å²) in [5.41, 5.74) is 4.65. The highest BCUT2D eigenvalue weighted by Gasteiger charge is 1.89. The predicted molar refractivity (Wildman–Crippen MR) is 52.0 cm³/mol. The topological polar surface area (TPSA) is 12.9 Å². The Labute approximate surface area is 76.0 Å². The largest absolute Gasteiger partial charge is 0.248 e. The fraction of sp³-hybridized carbons (Fsp3) is 0.300. The van der Waals surface area contributed by atoms with Gasteiger partial charge in [-0.15, -0.1) is 5.54 Å². The second-order valence-corrected chi connectivity index (χ2v) is 4.46. The standard InChI is InChI=1S/C10H11NSi/c1-9(2)12-8-6-10-5-3-4-7-11-10/h3-5,7,9H,1-2H3. The van der Waals surface area contributed by atoms with E-state index in [1.54, 1.807) is 6.20 Å². The van der Waals surface area contributed by atoms with Gasteiger partial charge in [-0.25, -0.2) is 4.98 Å². The molecule has 0 aliphatic carbocycles. The molecule has 0 aliphatic heterocycles. The number of nitrogens with zero attached hydrogens (tertiary/aromatic N) is 1. The molecule has 1 rings (SSSR count). The van der Waals surface area contributed by atoms with Gasteiger partial charge in [0.1, 0.15) is 5.69 Å². The Hall–Kier alpha value is -1.07. The lowest BCUT2D eigenvalue weighted by Crippen LogP contribution is -1.90. The highest BCUT2D eigenvalue weighted by Crippen LogP contribution is 1.95. The van der Waals surface area contributed by atoms with E-state index in [0.29, 0.717) is 15.1 Å². The third-order valence-corrected chi connectivity index (χ3v) is 2.06. The highest BCUT2D eigenvalue weighted by atomic mass is 28.2. The monoisotopic (exact) mass is 173 g/mol. The summed E-state index contributed by atoms with van der Waals surface area (Å²) in [5.74, 6) is 3.03. The zero-order valence-corrected chi connectivity index (χ0v) is 8.33. The first kappa shape index (κ1) is 9.02. The number of pyridine rings is 1. The molecule has 0 saturated heterocycles. The summed E-state index contributed by atoms with van der Waals surface area (Å²) in [7, 11) is 0.713. The maximum atomic E-state index is 4.11. The van der Waals surface area contributed by atoms with E-state index in [2.05, 4.69) is 30.3 Å². The van der Waals surface area contributed by atoms with Crippen molar-refractivity contribution in [2.45, 2.75) is 19.4 Å². The fourth-order valence-electron chi connectivity index (χ4n) is 0.681. The molecule has 12 heavy (non-hydrogen) atoms. The number of rotatable bonds is 1. The number of aromatic nitrogens is 1. The van der Waals surface area contributed by atoms with E-state index in [1.807, 2.05) is 18.2 Å². The Bertz CT molecular complexity index is 282. The molecule has 0 fully saturated rings. The second kappa shape index (κ2) is 4.73. The third-order valence-electron chi connectivity index (χ3n) is 1.22. The van der Waals surface area contributed by atoms with Crippen LogP contribution < -0.4 is 0 Å². The first-order valence-corrected chi connectivity index (χ1v) is 5.04. The summed E-state index contributed by atoms with van der Waals surface area (Å²) in [5, 5.41) is 0. The summed E-state index contributed by atoms with van der Waals surface area (Å²) in [6.07, 6.45) is 1.77. The van der Waals surface area contributed by atoms with E-state index in [0.717, 1.165) is 5.69 Å². The van der Waals surface area contributed by atoms with Crippen molar-refractivity contribution in [3.05, 3.63) is 30.1 Å². The highest BCUT2D eigenvalue weighted by molar-refractivity contribution is 6.47. The molecule has 2 heteroatoms. The molecule has 0 unspecified atom stereocenters. The van der Waals surface area contributed by atoms with E-state index in [1.165, 1.54) is 0 Å². The summed E-state index contributed by atoms with van der Waals surface area (Å²) < 4.78 is 0. The second-order valence-electron chi connectivity index (χ2n) is 2.76. The molecule has 1 heterocycles. The summed E-state index contributed by atoms with van der Waals surface area (Å²) in [6.45, 7) is 4.34. The lowest BCUT2D eigenvalue weighted by atomic mass is 10.4. The van der Waals surface area contributed by atoms with E-state index in [9.17, 15) is 0 Å². The van der Waals surface area contributed by atoms with Gasteiger partial charge in [-0.2, -0.15) is 0 Å². The molecule has 0 spiro atoms. The van der Waals surface area contributed by atoms with Gasteiger partial charge in [-0.1, -0.05) is 25.8 Å². The van der Waals surface area contributed by atoms with Gasteiger partial charge in [0.2, 0.25) is 0 Å². The van der Waals surface area contributed by atoms with Crippen LogP contribution in [0.1, 0.15) is 19.5 Å². The lowest BCUT2D eigenvalue weighted by molar-refractivity contribution is 1.07. The lowest BCUT2D eigenvalue weighted by Gasteiger charge is -1.90. The molecular formula is C10H11NSi. The molecule has 0 atom stereocenters. The molecule has 1 nitrogen and oxygen atoms in total. The van der Waals surface area contributed by atoms with E-state index in [4.69, 9.17) is 0 Å². The Morgan fingerprint density at radius 2 is 2.25 bits per heavy atom. The van der Waals surface area contributed by atoms with Gasteiger partial charge in [0.15, 0.2) is 9.52 Å². The zero-order valence-electron chi connectivity index (χ0n) is 7.33. The van der Waals surface area contributed by atoms with Gasteiger partial charge >= 0.3 is 0 Å². The van der Waals surface area contributed by atoms with Gasteiger partial charge in [-0.3, -0.25) is 0 Å². The minimum Gasteiger partial charge on any atom is -0.248 e. The van der Waals surface area contributed by atoms with Crippen LogP contribution in [0, 0.1) is 11.5 Å². The maximum absolute atomic E-state index is 4.11. The molecule has 1 aromatic rings. The Balaban J connectivity index is 2.55. The number of hydrogen-bond donors (Lipinski definition) is 0. The molecule has 1 aromatic heterocycles. The zero-order chi connectivity index (χ0) is 8.81. The quantitative estimate of drug-likeness (QED) is 0.467. The normalized spacial score (nSPS) is 9.25. The van der Waals surface area contributed by atoms with Crippen molar-refractivity contribution in [2.75, 3.05) is 0 Å². The van der Waals surface area contributed by atoms with E-state index in [-0.39, 0.29) is 0 Å². The van der Waals surface area contributed by atoms with Crippen LogP contribution in [0.2, 0.25) is 5.54 Å². The minimum atomic E-state index is 0.668. The summed E-state index contributed by atoms with van der Waals surface area (Å²) >= 11 is 0. The van der Waals surface area contributed by atoms with Crippen molar-refractivity contribution < 1.29 is 0 Å². The van der Waals surface area contributed by atoms with Crippen LogP contribution in [0.25, 0.3) is 0 Å². The van der Waals surface area contributed by atoms with E-state index >= 15 is 0 Å². The molecule has 60 valence electrons. The van der Waals surface area contributed by atoms with Crippen LogP contribution in [0.3, 0.4) is 0 Å². The summed E-state index contributed by atoms with van der Waals surface area (Å²) in [6, 6.07) is 5.78. The molecule has 0 aromatic carbocycles. The average molecular weight is 173 g/mol. The Morgan fingerprint density at radius 3 is 2.83 bits per heavy atom. The van der Waals surface area contributed by atoms with Crippen molar-refractivity contribution in [3.8, 4) is 11.5 Å². The van der Waals surface area contributed by atoms with Gasteiger partial charge in [-0.05, 0) is 17.7 Å². The molecular weight excluding hydrogens is 162 g/mol. The van der Waals surface area contributed by atoms with Crippen molar-refractivity contribution in [2.24, 2.45) is 0 Å². The SMILES string of the molecule is CC(C)[Si]C#Cc1ccccn1. The van der Waals surface area contributed by atoms with Crippen molar-refractivity contribution >= 4 is 9.52 Å². The van der Waals surface area contributed by atoms with Gasteiger partial charge in [0.05, 0.1) is 0 Å². The predicted octanol–water partition coefficient (Wildman–Crippen LogP) is 1.92. The number of hydrogen-bond acceptors (Lipinski definition) is 1. The van der Waals surface area contributed by atoms with Gasteiger partial charge < -0.3 is 0 Å². The van der Waals surface area contributed by atoms with Crippen LogP contribution in [-0.2, 0) is 0 Å². The molecule has 0 aliphatic rings. The minimum absolute atomic E-state index is 0.668. The fourth-order valence-corrected chi connectivity index (χ4v) is 1.17. The van der Waals surface area contributed by atoms with Crippen molar-refractivity contribution in [3.63, 3.8) is 0 Å². The van der Waals surface area contributed by atoms with Crippen LogP contribution in [0.5, 0.6) is 0 Å². The van der Waals surface area contributed by atoms with Crippen molar-refractivity contribution in [1.82, 2.24) is 4.98 Å². The molecule has 0 saturated carbocycles. The van der Waals surface area contributed by atoms with E-state index < -0.39 is 0 Å². The van der Waals surface area contributed by atoms with Gasteiger partial charge in [0.25, 0.3) is 0 Å². The smallest absolute Gasteiger partial charge is 0.151 e. The first-order chi connectivity index (χ1) is 5.79. The maximum Gasteiger partial charge on any atom is 0.151 e. The van der Waals surface area contributed by atoms with Crippen molar-refractivity contribution in [1.29, 1.82) is 0 Å². The van der Waals surface area contributed by atoms with Crippen LogP contribution in [0.4, 0.5) is 0 Å². The molecule has 2 radical (unpaired) electrons. The third kappa shape index (κ3) is 3.36. The van der Waals surface area contributed by atoms with Crippen LogP contribution in [-0.4, -0.2) is 14.5 Å². The van der Waals surface area contributed by atoms with Gasteiger partial charge in [0, 0.05) is 6.20 Å². The molecule has 0 bridgehead atoms. The Morgan fingerprint density at radius 1 is 1.42 bits per heavy atom. The first-order valence-electron chi connectivity index (χ1n) is 3.96.